The van der Waals surface area contributed by atoms with Gasteiger partial charge < -0.3 is 19.3 Å². The third kappa shape index (κ3) is 7.71. The third-order valence-electron chi connectivity index (χ3n) is 5.17. The van der Waals surface area contributed by atoms with Gasteiger partial charge in [-0.25, -0.2) is 0 Å². The number of amides is 2. The molecule has 0 aliphatic rings. The van der Waals surface area contributed by atoms with Crippen LogP contribution in [0, 0.1) is 0 Å². The predicted molar refractivity (Wildman–Crippen MR) is 129 cm³/mol. The molecule has 0 saturated carbocycles. The minimum atomic E-state index is -0.0643. The van der Waals surface area contributed by atoms with Crippen LogP contribution in [0.2, 0.25) is 0 Å². The smallest absolute Gasteiger partial charge is 0.242 e. The van der Waals surface area contributed by atoms with E-state index >= 15 is 0 Å². The molecule has 0 spiro atoms. The first kappa shape index (κ1) is 25.5. The second-order valence-electron chi connectivity index (χ2n) is 7.50. The van der Waals surface area contributed by atoms with Gasteiger partial charge in [-0.1, -0.05) is 31.6 Å². The van der Waals surface area contributed by atoms with Crippen molar-refractivity contribution >= 4 is 23.2 Å². The lowest BCUT2D eigenvalue weighted by atomic mass is 10.1. The summed E-state index contributed by atoms with van der Waals surface area (Å²) in [6.07, 6.45) is 4.55. The van der Waals surface area contributed by atoms with E-state index in [9.17, 15) is 9.59 Å². The normalized spacial score (nSPS) is 10.5. The molecule has 0 fully saturated rings. The average molecular weight is 459 g/mol. The molecular formula is C25H34N2O4S. The van der Waals surface area contributed by atoms with Gasteiger partial charge in [0.1, 0.15) is 6.54 Å². The Balaban J connectivity index is 2.12. The van der Waals surface area contributed by atoms with Gasteiger partial charge in [0.2, 0.25) is 11.8 Å². The summed E-state index contributed by atoms with van der Waals surface area (Å²) in [6.45, 7) is 7.29. The van der Waals surface area contributed by atoms with Gasteiger partial charge in [-0.2, -0.15) is 0 Å². The van der Waals surface area contributed by atoms with E-state index in [-0.39, 0.29) is 18.4 Å². The molecule has 0 aliphatic carbocycles. The summed E-state index contributed by atoms with van der Waals surface area (Å²) in [5.41, 5.74) is 1.05. The molecule has 2 amide bonds. The fourth-order valence-electron chi connectivity index (χ4n) is 3.34. The highest BCUT2D eigenvalue weighted by molar-refractivity contribution is 7.09. The van der Waals surface area contributed by atoms with Crippen molar-refractivity contribution in [2.75, 3.05) is 33.9 Å². The topological polar surface area (TPSA) is 59.1 Å². The van der Waals surface area contributed by atoms with E-state index in [1.54, 1.807) is 36.5 Å². The zero-order valence-electron chi connectivity index (χ0n) is 19.3. The van der Waals surface area contributed by atoms with Gasteiger partial charge in [-0.05, 0) is 42.0 Å². The van der Waals surface area contributed by atoms with E-state index in [1.165, 1.54) is 0 Å². The molecule has 1 heterocycles. The first-order valence-corrected chi connectivity index (χ1v) is 11.8. The number of benzene rings is 1. The van der Waals surface area contributed by atoms with Crippen molar-refractivity contribution in [3.63, 3.8) is 0 Å². The van der Waals surface area contributed by atoms with Gasteiger partial charge in [0.05, 0.1) is 20.8 Å². The molecule has 7 heteroatoms. The molecule has 2 rings (SSSR count). The number of rotatable bonds is 14. The lowest BCUT2D eigenvalue weighted by Crippen LogP contribution is -2.43. The number of ether oxygens (including phenoxy) is 2. The Bertz CT molecular complexity index is 867. The summed E-state index contributed by atoms with van der Waals surface area (Å²) < 4.78 is 10.7. The second kappa shape index (κ2) is 13.6. The van der Waals surface area contributed by atoms with Gasteiger partial charge >= 0.3 is 0 Å². The second-order valence-corrected chi connectivity index (χ2v) is 8.53. The molecule has 0 N–H and O–H groups in total. The van der Waals surface area contributed by atoms with Gasteiger partial charge in [-0.3, -0.25) is 9.59 Å². The highest BCUT2D eigenvalue weighted by atomic mass is 32.1. The zero-order valence-corrected chi connectivity index (χ0v) is 20.2. The maximum atomic E-state index is 13.2. The largest absolute Gasteiger partial charge is 0.493 e. The highest BCUT2D eigenvalue weighted by Crippen LogP contribution is 2.28. The number of carbonyl (C=O) groups excluding carboxylic acids is 2. The van der Waals surface area contributed by atoms with Crippen molar-refractivity contribution in [3.8, 4) is 11.5 Å². The van der Waals surface area contributed by atoms with Crippen LogP contribution >= 0.6 is 11.3 Å². The standard InChI is InChI=1S/C25H34N2O4S/c1-5-7-10-24(28)26(14-6-2)19-25(29)27(18-21-9-8-16-32-21)15-13-20-11-12-22(30-3)23(17-20)31-4/h6,8-9,11-12,16-17H,2,5,7,10,13-15,18-19H2,1,3-4H3. The third-order valence-corrected chi connectivity index (χ3v) is 6.03. The number of nitrogens with zero attached hydrogens (tertiary/aromatic N) is 2. The van der Waals surface area contributed by atoms with Crippen LogP contribution in [0.3, 0.4) is 0 Å². The Morgan fingerprint density at radius 2 is 1.88 bits per heavy atom. The van der Waals surface area contributed by atoms with Gasteiger partial charge in [-0.15, -0.1) is 17.9 Å². The summed E-state index contributed by atoms with van der Waals surface area (Å²) in [7, 11) is 3.22. The van der Waals surface area contributed by atoms with Gasteiger partial charge in [0, 0.05) is 24.4 Å². The SMILES string of the molecule is C=CCN(CC(=O)N(CCc1ccc(OC)c(OC)c1)Cc1cccs1)C(=O)CCCC. The number of thiophene rings is 1. The van der Waals surface area contributed by atoms with Crippen molar-refractivity contribution in [2.24, 2.45) is 0 Å². The Morgan fingerprint density at radius 1 is 1.09 bits per heavy atom. The van der Waals surface area contributed by atoms with Crippen molar-refractivity contribution in [1.82, 2.24) is 9.80 Å². The summed E-state index contributed by atoms with van der Waals surface area (Å²) in [4.78, 5) is 30.3. The lowest BCUT2D eigenvalue weighted by molar-refractivity contribution is -0.140. The van der Waals surface area contributed by atoms with E-state index in [2.05, 4.69) is 6.58 Å². The Morgan fingerprint density at radius 3 is 2.50 bits per heavy atom. The monoisotopic (exact) mass is 458 g/mol. The average Bonchev–Trinajstić information content (AvgIpc) is 3.32. The summed E-state index contributed by atoms with van der Waals surface area (Å²) in [5.74, 6) is 1.27. The molecular weight excluding hydrogens is 424 g/mol. The molecule has 1 aromatic carbocycles. The maximum Gasteiger partial charge on any atom is 0.242 e. The molecule has 0 atom stereocenters. The molecule has 32 heavy (non-hydrogen) atoms. The van der Waals surface area contributed by atoms with Gasteiger partial charge in [0.25, 0.3) is 0 Å². The van der Waals surface area contributed by atoms with Gasteiger partial charge in [0.15, 0.2) is 11.5 Å². The van der Waals surface area contributed by atoms with Crippen molar-refractivity contribution in [2.45, 2.75) is 39.2 Å². The van der Waals surface area contributed by atoms with Crippen LogP contribution in [-0.2, 0) is 22.6 Å². The van der Waals surface area contributed by atoms with Crippen LogP contribution < -0.4 is 9.47 Å². The Labute approximate surface area is 195 Å². The molecule has 0 saturated heterocycles. The molecule has 0 radical (unpaired) electrons. The minimum Gasteiger partial charge on any atom is -0.493 e. The van der Waals surface area contributed by atoms with E-state index in [0.717, 1.165) is 23.3 Å². The molecule has 174 valence electrons. The molecule has 1 aromatic heterocycles. The lowest BCUT2D eigenvalue weighted by Gasteiger charge is -2.27. The number of unbranched alkanes of at least 4 members (excludes halogenated alkanes) is 1. The zero-order chi connectivity index (χ0) is 23.3. The van der Waals surface area contributed by atoms with E-state index in [4.69, 9.17) is 9.47 Å². The fraction of sp³-hybridized carbons (Fsp3) is 0.440. The summed E-state index contributed by atoms with van der Waals surface area (Å²) >= 11 is 1.62. The number of hydrogen-bond acceptors (Lipinski definition) is 5. The molecule has 2 aromatic rings. The van der Waals surface area contributed by atoms with Crippen molar-refractivity contribution < 1.29 is 19.1 Å². The highest BCUT2D eigenvalue weighted by Gasteiger charge is 2.21. The summed E-state index contributed by atoms with van der Waals surface area (Å²) in [5, 5.41) is 2.00. The summed E-state index contributed by atoms with van der Waals surface area (Å²) in [6, 6.07) is 9.79. The number of carbonyl (C=O) groups is 2. The first-order chi connectivity index (χ1) is 15.5. The van der Waals surface area contributed by atoms with E-state index in [1.807, 2.05) is 47.5 Å². The van der Waals surface area contributed by atoms with E-state index < -0.39 is 0 Å². The van der Waals surface area contributed by atoms with Crippen molar-refractivity contribution in [3.05, 3.63) is 58.8 Å². The number of methoxy groups -OCH3 is 2. The Hall–Kier alpha value is -2.80. The fourth-order valence-corrected chi connectivity index (χ4v) is 4.06. The van der Waals surface area contributed by atoms with Crippen LogP contribution in [0.15, 0.2) is 48.4 Å². The van der Waals surface area contributed by atoms with Crippen LogP contribution in [-0.4, -0.2) is 55.5 Å². The van der Waals surface area contributed by atoms with Crippen LogP contribution in [0.4, 0.5) is 0 Å². The van der Waals surface area contributed by atoms with Crippen molar-refractivity contribution in [1.29, 1.82) is 0 Å². The van der Waals surface area contributed by atoms with Crippen LogP contribution in [0.5, 0.6) is 11.5 Å². The predicted octanol–water partition coefficient (Wildman–Crippen LogP) is 4.54. The first-order valence-electron chi connectivity index (χ1n) is 10.9. The molecule has 0 bridgehead atoms. The maximum absolute atomic E-state index is 13.2. The minimum absolute atomic E-state index is 0.00364. The van der Waals surface area contributed by atoms with E-state index in [0.29, 0.717) is 44.0 Å². The number of hydrogen-bond donors (Lipinski definition) is 0. The molecule has 0 unspecified atom stereocenters. The molecule has 0 aliphatic heterocycles. The molecule has 6 nitrogen and oxygen atoms in total. The van der Waals surface area contributed by atoms with Crippen LogP contribution in [0.25, 0.3) is 0 Å². The Kier molecular flexibility index (Phi) is 10.8. The van der Waals surface area contributed by atoms with Crippen LogP contribution in [0.1, 0.15) is 36.6 Å². The quantitative estimate of drug-likeness (QED) is 0.390.